The van der Waals surface area contributed by atoms with Gasteiger partial charge >= 0.3 is 5.97 Å². The fraction of sp³-hybridized carbons (Fsp3) is 0.417. The molecule has 1 saturated heterocycles. The third kappa shape index (κ3) is 5.99. The van der Waals surface area contributed by atoms with Crippen molar-refractivity contribution in [2.75, 3.05) is 6.61 Å². The number of halogens is 2. The molecule has 0 bridgehead atoms. The molecule has 0 N–H and O–H groups in total. The summed E-state index contributed by atoms with van der Waals surface area (Å²) in [6, 6.07) is 16.5. The lowest BCUT2D eigenvalue weighted by Crippen LogP contribution is -2.50. The molecule has 4 nitrogen and oxygen atoms in total. The van der Waals surface area contributed by atoms with E-state index < -0.39 is 6.04 Å². The molecule has 6 heteroatoms. The molecular weight excluding hydrogens is 421 g/mol. The van der Waals surface area contributed by atoms with Crippen LogP contribution in [-0.4, -0.2) is 29.4 Å². The number of hydrogen-bond acceptors (Lipinski definition) is 3. The summed E-state index contributed by atoms with van der Waals surface area (Å²) in [5, 5.41) is 1.47. The first kappa shape index (κ1) is 22.6. The summed E-state index contributed by atoms with van der Waals surface area (Å²) in [4.78, 5) is 26.9. The van der Waals surface area contributed by atoms with E-state index in [-0.39, 0.29) is 23.8 Å². The molecule has 2 aliphatic rings. The second-order valence-corrected chi connectivity index (χ2v) is 8.46. The van der Waals surface area contributed by atoms with Crippen molar-refractivity contribution >= 4 is 35.1 Å². The molecule has 1 saturated carbocycles. The minimum Gasteiger partial charge on any atom is -0.464 e. The Balaban J connectivity index is 0.000000310. The van der Waals surface area contributed by atoms with Crippen molar-refractivity contribution in [2.45, 2.75) is 51.1 Å². The summed E-state index contributed by atoms with van der Waals surface area (Å²) >= 11 is 11.5. The van der Waals surface area contributed by atoms with Crippen LogP contribution in [0.3, 0.4) is 0 Å². The number of carbonyl (C=O) groups is 2. The van der Waals surface area contributed by atoms with Gasteiger partial charge in [0.15, 0.2) is 0 Å². The molecule has 1 amide bonds. The van der Waals surface area contributed by atoms with Gasteiger partial charge in [0, 0.05) is 16.5 Å². The molecule has 2 atom stereocenters. The van der Waals surface area contributed by atoms with E-state index in [4.69, 9.17) is 27.9 Å². The molecule has 1 aliphatic carbocycles. The number of piperidine rings is 1. The van der Waals surface area contributed by atoms with Crippen LogP contribution < -0.4 is 0 Å². The van der Waals surface area contributed by atoms with Crippen molar-refractivity contribution in [1.29, 1.82) is 0 Å². The Labute approximate surface area is 188 Å². The van der Waals surface area contributed by atoms with Gasteiger partial charge in [-0.2, -0.15) is 0 Å². The van der Waals surface area contributed by atoms with Crippen molar-refractivity contribution in [1.82, 2.24) is 4.90 Å². The standard InChI is InChI=1S/C18H22ClNO3.C6H5Cl/c1-2-23-18(22)17(13-6-7-13)20-15(4-3-5-16(20)21)12-8-10-14(19)11-9-12;7-6-4-2-1-3-5-6/h8-11,13,15,17H,2-7H2,1H3;1-5H. The minimum atomic E-state index is -0.441. The smallest absolute Gasteiger partial charge is 0.329 e. The summed E-state index contributed by atoms with van der Waals surface area (Å²) in [5.74, 6) is 0.0382. The summed E-state index contributed by atoms with van der Waals surface area (Å²) < 4.78 is 5.26. The zero-order valence-corrected chi connectivity index (χ0v) is 18.6. The van der Waals surface area contributed by atoms with Gasteiger partial charge in [0.2, 0.25) is 5.91 Å². The maximum absolute atomic E-state index is 12.6. The van der Waals surface area contributed by atoms with Gasteiger partial charge in [0.1, 0.15) is 6.04 Å². The number of rotatable bonds is 5. The van der Waals surface area contributed by atoms with Gasteiger partial charge in [-0.3, -0.25) is 4.79 Å². The molecule has 0 radical (unpaired) electrons. The molecule has 30 heavy (non-hydrogen) atoms. The lowest BCUT2D eigenvalue weighted by atomic mass is 9.92. The molecule has 2 aromatic rings. The highest BCUT2D eigenvalue weighted by Gasteiger charge is 2.46. The van der Waals surface area contributed by atoms with Gasteiger partial charge < -0.3 is 9.64 Å². The second-order valence-electron chi connectivity index (χ2n) is 7.59. The Bertz CT molecular complexity index is 837. The first-order chi connectivity index (χ1) is 14.5. The highest BCUT2D eigenvalue weighted by atomic mass is 35.5. The van der Waals surface area contributed by atoms with E-state index in [0.29, 0.717) is 18.1 Å². The molecule has 4 rings (SSSR count). The van der Waals surface area contributed by atoms with Crippen LogP contribution in [0, 0.1) is 5.92 Å². The summed E-state index contributed by atoms with van der Waals surface area (Å²) in [6.45, 7) is 2.15. The lowest BCUT2D eigenvalue weighted by molar-refractivity contribution is -0.160. The van der Waals surface area contributed by atoms with E-state index >= 15 is 0 Å². The van der Waals surface area contributed by atoms with Gasteiger partial charge in [-0.05, 0) is 68.4 Å². The quantitative estimate of drug-likeness (QED) is 0.521. The molecule has 0 aromatic heterocycles. The average molecular weight is 448 g/mol. The number of benzene rings is 2. The van der Waals surface area contributed by atoms with Gasteiger partial charge in [0.05, 0.1) is 12.6 Å². The predicted octanol–water partition coefficient (Wildman–Crippen LogP) is 6.08. The molecule has 2 aromatic carbocycles. The van der Waals surface area contributed by atoms with Gasteiger partial charge in [-0.1, -0.05) is 53.5 Å². The number of nitrogens with zero attached hydrogens (tertiary/aromatic N) is 1. The number of esters is 1. The van der Waals surface area contributed by atoms with E-state index in [2.05, 4.69) is 0 Å². The number of amides is 1. The Morgan fingerprint density at radius 2 is 1.67 bits per heavy atom. The van der Waals surface area contributed by atoms with Crippen LogP contribution in [0.15, 0.2) is 54.6 Å². The van der Waals surface area contributed by atoms with Crippen molar-refractivity contribution in [3.63, 3.8) is 0 Å². The van der Waals surface area contributed by atoms with Crippen LogP contribution >= 0.6 is 23.2 Å². The Hall–Kier alpha value is -2.04. The zero-order valence-electron chi connectivity index (χ0n) is 17.1. The predicted molar refractivity (Wildman–Crippen MR) is 119 cm³/mol. The topological polar surface area (TPSA) is 46.6 Å². The molecule has 2 fully saturated rings. The van der Waals surface area contributed by atoms with Gasteiger partial charge in [0.25, 0.3) is 0 Å². The fourth-order valence-electron chi connectivity index (χ4n) is 3.84. The largest absolute Gasteiger partial charge is 0.464 e. The van der Waals surface area contributed by atoms with Crippen molar-refractivity contribution in [2.24, 2.45) is 5.92 Å². The van der Waals surface area contributed by atoms with E-state index in [9.17, 15) is 9.59 Å². The second kappa shape index (κ2) is 10.8. The van der Waals surface area contributed by atoms with Gasteiger partial charge in [-0.15, -0.1) is 0 Å². The highest BCUT2D eigenvalue weighted by Crippen LogP contribution is 2.42. The SMILES string of the molecule is CCOC(=O)C(C1CC1)N1C(=O)CCCC1c1ccc(Cl)cc1.Clc1ccccc1. The van der Waals surface area contributed by atoms with Crippen LogP contribution in [0.25, 0.3) is 0 Å². The van der Waals surface area contributed by atoms with Crippen LogP contribution in [0.2, 0.25) is 10.0 Å². The Morgan fingerprint density at radius 3 is 2.20 bits per heavy atom. The summed E-state index contributed by atoms with van der Waals surface area (Å²) in [6.07, 6.45) is 4.20. The van der Waals surface area contributed by atoms with Crippen molar-refractivity contribution < 1.29 is 14.3 Å². The summed E-state index contributed by atoms with van der Waals surface area (Å²) in [5.41, 5.74) is 1.04. The summed E-state index contributed by atoms with van der Waals surface area (Å²) in [7, 11) is 0. The van der Waals surface area contributed by atoms with Crippen LogP contribution in [0.5, 0.6) is 0 Å². The molecular formula is C24H27Cl2NO3. The van der Waals surface area contributed by atoms with Crippen LogP contribution in [0.1, 0.15) is 50.6 Å². The van der Waals surface area contributed by atoms with E-state index in [1.165, 1.54) is 0 Å². The first-order valence-electron chi connectivity index (χ1n) is 10.4. The van der Waals surface area contributed by atoms with E-state index in [1.54, 1.807) is 11.8 Å². The van der Waals surface area contributed by atoms with E-state index in [0.717, 1.165) is 36.3 Å². The van der Waals surface area contributed by atoms with Crippen molar-refractivity contribution in [3.8, 4) is 0 Å². The minimum absolute atomic E-state index is 0.0566. The molecule has 1 aliphatic heterocycles. The number of carbonyl (C=O) groups excluding carboxylic acids is 2. The Morgan fingerprint density at radius 1 is 1.03 bits per heavy atom. The first-order valence-corrected chi connectivity index (χ1v) is 11.2. The Kier molecular flexibility index (Phi) is 8.17. The van der Waals surface area contributed by atoms with Gasteiger partial charge in [-0.25, -0.2) is 4.79 Å². The molecule has 160 valence electrons. The van der Waals surface area contributed by atoms with Crippen LogP contribution in [-0.2, 0) is 14.3 Å². The average Bonchev–Trinajstić information content (AvgIpc) is 3.56. The van der Waals surface area contributed by atoms with E-state index in [1.807, 2.05) is 54.6 Å². The molecule has 2 unspecified atom stereocenters. The normalized spacial score (nSPS) is 19.5. The monoisotopic (exact) mass is 447 g/mol. The maximum atomic E-state index is 12.6. The number of likely N-dealkylation sites (tertiary alicyclic amines) is 1. The lowest BCUT2D eigenvalue weighted by Gasteiger charge is -2.40. The zero-order chi connectivity index (χ0) is 21.5. The fourth-order valence-corrected chi connectivity index (χ4v) is 4.11. The maximum Gasteiger partial charge on any atom is 0.329 e. The third-order valence-electron chi connectivity index (χ3n) is 5.38. The number of ether oxygens (including phenoxy) is 1. The highest BCUT2D eigenvalue weighted by molar-refractivity contribution is 6.30. The van der Waals surface area contributed by atoms with Crippen LogP contribution in [0.4, 0.5) is 0 Å². The third-order valence-corrected chi connectivity index (χ3v) is 5.88. The van der Waals surface area contributed by atoms with Crippen molar-refractivity contribution in [3.05, 3.63) is 70.2 Å². The molecule has 0 spiro atoms. The number of hydrogen-bond donors (Lipinski definition) is 0. The molecule has 1 heterocycles.